The first kappa shape index (κ1) is 17.2. The standard InChI is InChI=1S/C15H34OSi/c1-5-9-12-17(13-10-6-2,14-11-7-3)15-16-8-4/h5-15H2,1-4H3. The highest BCUT2D eigenvalue weighted by Crippen LogP contribution is 2.28. The van der Waals surface area contributed by atoms with Gasteiger partial charge in [0.05, 0.1) is 8.07 Å². The van der Waals surface area contributed by atoms with Gasteiger partial charge >= 0.3 is 0 Å². The van der Waals surface area contributed by atoms with Crippen LogP contribution in [0.15, 0.2) is 0 Å². The van der Waals surface area contributed by atoms with Crippen LogP contribution in [0, 0.1) is 0 Å². The molecule has 2 heteroatoms. The van der Waals surface area contributed by atoms with E-state index in [-0.39, 0.29) is 0 Å². The van der Waals surface area contributed by atoms with Crippen LogP contribution in [0.3, 0.4) is 0 Å². The summed E-state index contributed by atoms with van der Waals surface area (Å²) in [7, 11) is -1.10. The molecule has 0 fully saturated rings. The van der Waals surface area contributed by atoms with Crippen LogP contribution in [0.4, 0.5) is 0 Å². The Morgan fingerprint density at radius 1 is 0.706 bits per heavy atom. The van der Waals surface area contributed by atoms with Gasteiger partial charge in [-0.15, -0.1) is 0 Å². The molecule has 0 aliphatic carbocycles. The summed E-state index contributed by atoms with van der Waals surface area (Å²) < 4.78 is 5.85. The van der Waals surface area contributed by atoms with Crippen LogP contribution in [-0.2, 0) is 4.74 Å². The zero-order valence-electron chi connectivity index (χ0n) is 12.7. The Morgan fingerprint density at radius 2 is 1.12 bits per heavy atom. The van der Waals surface area contributed by atoms with Crippen molar-refractivity contribution in [3.05, 3.63) is 0 Å². The smallest absolute Gasteiger partial charge is 0.0837 e. The first-order chi connectivity index (χ1) is 8.24. The minimum atomic E-state index is -1.10. The molecule has 0 N–H and O–H groups in total. The molecule has 0 heterocycles. The van der Waals surface area contributed by atoms with E-state index in [0.717, 1.165) is 12.8 Å². The Balaban J connectivity index is 4.39. The van der Waals surface area contributed by atoms with Crippen molar-refractivity contribution < 1.29 is 4.74 Å². The second-order valence-electron chi connectivity index (χ2n) is 5.45. The predicted octanol–water partition coefficient (Wildman–Crippen LogP) is 5.41. The van der Waals surface area contributed by atoms with Gasteiger partial charge in [-0.1, -0.05) is 77.4 Å². The zero-order valence-corrected chi connectivity index (χ0v) is 13.7. The van der Waals surface area contributed by atoms with Gasteiger partial charge in [0, 0.05) is 12.8 Å². The van der Waals surface area contributed by atoms with Gasteiger partial charge < -0.3 is 4.74 Å². The predicted molar refractivity (Wildman–Crippen MR) is 81.4 cm³/mol. The maximum Gasteiger partial charge on any atom is 0.0837 e. The average Bonchev–Trinajstić information content (AvgIpc) is 2.37. The molecule has 0 saturated heterocycles. The normalized spacial score (nSPS) is 12.0. The second kappa shape index (κ2) is 11.3. The van der Waals surface area contributed by atoms with Crippen LogP contribution in [0.1, 0.15) is 66.2 Å². The van der Waals surface area contributed by atoms with Crippen LogP contribution in [0.2, 0.25) is 18.1 Å². The van der Waals surface area contributed by atoms with E-state index in [1.807, 2.05) is 0 Å². The first-order valence-electron chi connectivity index (χ1n) is 7.82. The third kappa shape index (κ3) is 7.99. The lowest BCUT2D eigenvalue weighted by Gasteiger charge is -2.31. The lowest BCUT2D eigenvalue weighted by atomic mass is 10.4. The first-order valence-corrected chi connectivity index (χ1v) is 10.6. The number of hydrogen-bond donors (Lipinski definition) is 0. The van der Waals surface area contributed by atoms with E-state index in [1.165, 1.54) is 56.7 Å². The van der Waals surface area contributed by atoms with Gasteiger partial charge in [-0.25, -0.2) is 0 Å². The fourth-order valence-corrected chi connectivity index (χ4v) is 7.70. The molecule has 0 spiro atoms. The molecule has 17 heavy (non-hydrogen) atoms. The van der Waals surface area contributed by atoms with Crippen molar-refractivity contribution in [2.45, 2.75) is 84.4 Å². The lowest BCUT2D eigenvalue weighted by molar-refractivity contribution is 0.186. The molecule has 0 atom stereocenters. The fraction of sp³-hybridized carbons (Fsp3) is 1.00. The maximum atomic E-state index is 5.85. The highest BCUT2D eigenvalue weighted by atomic mass is 28.3. The van der Waals surface area contributed by atoms with Crippen molar-refractivity contribution in [1.29, 1.82) is 0 Å². The van der Waals surface area contributed by atoms with Crippen molar-refractivity contribution >= 4 is 8.07 Å². The summed E-state index contributed by atoms with van der Waals surface area (Å²) in [5, 5.41) is 0. The number of hydrogen-bond acceptors (Lipinski definition) is 1. The minimum Gasteiger partial charge on any atom is -0.385 e. The van der Waals surface area contributed by atoms with Crippen molar-refractivity contribution in [3.8, 4) is 0 Å². The van der Waals surface area contributed by atoms with Gasteiger partial charge in [0.15, 0.2) is 0 Å². The van der Waals surface area contributed by atoms with Gasteiger partial charge in [-0.3, -0.25) is 0 Å². The monoisotopic (exact) mass is 258 g/mol. The van der Waals surface area contributed by atoms with Crippen molar-refractivity contribution in [3.63, 3.8) is 0 Å². The highest BCUT2D eigenvalue weighted by molar-refractivity contribution is 6.79. The molecule has 0 unspecified atom stereocenters. The van der Waals surface area contributed by atoms with E-state index in [4.69, 9.17) is 4.74 Å². The Morgan fingerprint density at radius 3 is 1.41 bits per heavy atom. The quantitative estimate of drug-likeness (QED) is 0.425. The topological polar surface area (TPSA) is 9.23 Å². The third-order valence-corrected chi connectivity index (χ3v) is 8.85. The number of rotatable bonds is 12. The summed E-state index contributed by atoms with van der Waals surface area (Å²) in [5.41, 5.74) is 0. The molecule has 0 aliphatic heterocycles. The minimum absolute atomic E-state index is 0.902. The molecule has 0 saturated carbocycles. The van der Waals surface area contributed by atoms with Gasteiger partial charge in [0.2, 0.25) is 0 Å². The molecule has 0 aliphatic rings. The van der Waals surface area contributed by atoms with E-state index < -0.39 is 8.07 Å². The van der Waals surface area contributed by atoms with Crippen molar-refractivity contribution in [2.75, 3.05) is 12.8 Å². The van der Waals surface area contributed by atoms with E-state index in [1.54, 1.807) is 0 Å². The molecule has 0 radical (unpaired) electrons. The van der Waals surface area contributed by atoms with Gasteiger partial charge in [0.25, 0.3) is 0 Å². The molecule has 0 aromatic heterocycles. The van der Waals surface area contributed by atoms with Gasteiger partial charge in [-0.2, -0.15) is 0 Å². The van der Waals surface area contributed by atoms with Gasteiger partial charge in [0.1, 0.15) is 0 Å². The molecule has 0 aromatic carbocycles. The fourth-order valence-electron chi connectivity index (χ4n) is 2.57. The second-order valence-corrected chi connectivity index (χ2v) is 10.2. The van der Waals surface area contributed by atoms with Crippen molar-refractivity contribution in [2.24, 2.45) is 0 Å². The SMILES string of the molecule is CCCC[Si](CCCC)(CCCC)COCC. The zero-order chi connectivity index (χ0) is 13.0. The molecule has 0 amide bonds. The van der Waals surface area contributed by atoms with E-state index in [0.29, 0.717) is 0 Å². The Hall–Kier alpha value is 0.177. The molecular formula is C15H34OSi. The largest absolute Gasteiger partial charge is 0.385 e. The molecule has 0 rings (SSSR count). The Labute approximate surface area is 110 Å². The molecule has 104 valence electrons. The van der Waals surface area contributed by atoms with Crippen LogP contribution in [0.5, 0.6) is 0 Å². The Bertz CT molecular complexity index is 121. The summed E-state index contributed by atoms with van der Waals surface area (Å²) in [6.45, 7) is 10.00. The van der Waals surface area contributed by atoms with Gasteiger partial charge in [-0.05, 0) is 6.92 Å². The average molecular weight is 259 g/mol. The van der Waals surface area contributed by atoms with Crippen LogP contribution < -0.4 is 0 Å². The molecule has 0 bridgehead atoms. The summed E-state index contributed by atoms with van der Waals surface area (Å²) in [6, 6.07) is 4.51. The molecule has 0 aromatic rings. The maximum absolute atomic E-state index is 5.85. The van der Waals surface area contributed by atoms with Crippen molar-refractivity contribution in [1.82, 2.24) is 0 Å². The van der Waals surface area contributed by atoms with E-state index >= 15 is 0 Å². The van der Waals surface area contributed by atoms with Crippen LogP contribution >= 0.6 is 0 Å². The summed E-state index contributed by atoms with van der Waals surface area (Å²) in [4.78, 5) is 0. The van der Waals surface area contributed by atoms with Crippen LogP contribution in [0.25, 0.3) is 0 Å². The summed E-state index contributed by atoms with van der Waals surface area (Å²) in [6.07, 6.45) is 9.44. The molecule has 1 nitrogen and oxygen atoms in total. The third-order valence-electron chi connectivity index (χ3n) is 3.79. The summed E-state index contributed by atoms with van der Waals surface area (Å²) >= 11 is 0. The Kier molecular flexibility index (Phi) is 11.4. The number of unbranched alkanes of at least 4 members (excludes halogenated alkanes) is 3. The van der Waals surface area contributed by atoms with E-state index in [9.17, 15) is 0 Å². The van der Waals surface area contributed by atoms with Crippen LogP contribution in [-0.4, -0.2) is 20.9 Å². The summed E-state index contributed by atoms with van der Waals surface area (Å²) in [5.74, 6) is 0. The number of ether oxygens (including phenoxy) is 1. The molecular weight excluding hydrogens is 224 g/mol. The lowest BCUT2D eigenvalue weighted by Crippen LogP contribution is -2.40. The van der Waals surface area contributed by atoms with E-state index in [2.05, 4.69) is 27.7 Å². The highest BCUT2D eigenvalue weighted by Gasteiger charge is 2.31.